The molecule has 0 aliphatic rings. The van der Waals surface area contributed by atoms with Crippen LogP contribution in [0, 0.1) is 0 Å². The maximum Gasteiger partial charge on any atom is 0.211 e. The number of nitrogens with two attached hydrogens (primary N) is 1. The molecule has 0 aliphatic carbocycles. The summed E-state index contributed by atoms with van der Waals surface area (Å²) >= 11 is 0. The average Bonchev–Trinajstić information content (AvgIpc) is 2.37. The Morgan fingerprint density at radius 2 is 2.28 bits per heavy atom. The van der Waals surface area contributed by atoms with Gasteiger partial charge < -0.3 is 10.9 Å². The number of aromatic nitrogens is 1. The minimum absolute atomic E-state index is 0.0116. The van der Waals surface area contributed by atoms with E-state index in [4.69, 9.17) is 10.9 Å². The van der Waals surface area contributed by atoms with Gasteiger partial charge in [-0.1, -0.05) is 11.2 Å². The molecule has 0 saturated heterocycles. The smallest absolute Gasteiger partial charge is 0.211 e. The van der Waals surface area contributed by atoms with Crippen LogP contribution < -0.4 is 10.5 Å². The topological polar surface area (TPSA) is 118 Å². The first kappa shape index (κ1) is 14.4. The van der Waals surface area contributed by atoms with Gasteiger partial charge in [-0.15, -0.1) is 0 Å². The molecule has 18 heavy (non-hydrogen) atoms. The lowest BCUT2D eigenvalue weighted by atomic mass is 10.3. The van der Waals surface area contributed by atoms with E-state index in [1.54, 1.807) is 24.4 Å². The number of hydrogen-bond donors (Lipinski definition) is 3. The lowest BCUT2D eigenvalue weighted by Gasteiger charge is -2.05. The Kier molecular flexibility index (Phi) is 5.53. The molecule has 0 atom stereocenters. The zero-order chi connectivity index (χ0) is 13.4. The van der Waals surface area contributed by atoms with Gasteiger partial charge in [0.05, 0.1) is 5.75 Å². The van der Waals surface area contributed by atoms with Gasteiger partial charge in [0.1, 0.15) is 5.84 Å². The zero-order valence-electron chi connectivity index (χ0n) is 9.78. The third-order valence-corrected chi connectivity index (χ3v) is 3.57. The number of oxime groups is 1. The number of aryl methyl sites for hydroxylation is 1. The van der Waals surface area contributed by atoms with Crippen LogP contribution >= 0.6 is 0 Å². The highest BCUT2D eigenvalue weighted by atomic mass is 32.2. The Bertz CT molecular complexity index is 487. The van der Waals surface area contributed by atoms with Crippen molar-refractivity contribution in [2.45, 2.75) is 12.8 Å². The lowest BCUT2D eigenvalue weighted by molar-refractivity contribution is 0.317. The summed E-state index contributed by atoms with van der Waals surface area (Å²) in [5.74, 6) is -0.0531. The van der Waals surface area contributed by atoms with Crippen LogP contribution in [-0.4, -0.2) is 36.7 Å². The molecule has 0 aliphatic heterocycles. The van der Waals surface area contributed by atoms with Crippen molar-refractivity contribution in [2.24, 2.45) is 10.9 Å². The van der Waals surface area contributed by atoms with Gasteiger partial charge in [0, 0.05) is 31.3 Å². The normalized spacial score (nSPS) is 12.6. The molecule has 0 bridgehead atoms. The third kappa shape index (κ3) is 5.60. The Morgan fingerprint density at radius 3 is 2.89 bits per heavy atom. The molecule has 0 fully saturated rings. The van der Waals surface area contributed by atoms with E-state index in [9.17, 15) is 8.42 Å². The van der Waals surface area contributed by atoms with Gasteiger partial charge in [0.25, 0.3) is 0 Å². The van der Waals surface area contributed by atoms with Crippen molar-refractivity contribution in [1.82, 2.24) is 9.71 Å². The molecular formula is C10H16N4O3S. The van der Waals surface area contributed by atoms with Crippen molar-refractivity contribution in [3.05, 3.63) is 30.1 Å². The number of hydrogen-bond acceptors (Lipinski definition) is 5. The number of sulfonamides is 1. The van der Waals surface area contributed by atoms with Gasteiger partial charge in [-0.05, 0) is 12.1 Å². The fourth-order valence-electron chi connectivity index (χ4n) is 1.24. The predicted molar refractivity (Wildman–Crippen MR) is 67.8 cm³/mol. The van der Waals surface area contributed by atoms with Crippen LogP contribution in [0.1, 0.15) is 12.1 Å². The second kappa shape index (κ2) is 6.92. The molecule has 1 rings (SSSR count). The highest BCUT2D eigenvalue weighted by molar-refractivity contribution is 7.89. The van der Waals surface area contributed by atoms with Crippen LogP contribution in [-0.2, 0) is 16.4 Å². The molecule has 0 amide bonds. The first-order valence-corrected chi connectivity index (χ1v) is 7.02. The molecule has 0 saturated carbocycles. The van der Waals surface area contributed by atoms with Crippen molar-refractivity contribution < 1.29 is 13.6 Å². The van der Waals surface area contributed by atoms with Crippen molar-refractivity contribution in [3.63, 3.8) is 0 Å². The second-order valence-corrected chi connectivity index (χ2v) is 5.55. The second-order valence-electron chi connectivity index (χ2n) is 3.63. The molecule has 1 aromatic heterocycles. The standard InChI is InChI=1S/C10H16N4O3S/c11-10(14-15)4-7-13-18(16,17)8-5-9-3-1-2-6-12-9/h1-3,6,13,15H,4-5,7-8H2,(H2,11,14). The summed E-state index contributed by atoms with van der Waals surface area (Å²) in [6.07, 6.45) is 2.13. The molecule has 4 N–H and O–H groups in total. The van der Waals surface area contributed by atoms with Crippen LogP contribution in [0.3, 0.4) is 0 Å². The van der Waals surface area contributed by atoms with Crippen LogP contribution in [0.25, 0.3) is 0 Å². The highest BCUT2D eigenvalue weighted by Gasteiger charge is 2.10. The minimum Gasteiger partial charge on any atom is -0.409 e. The van der Waals surface area contributed by atoms with Gasteiger partial charge in [-0.2, -0.15) is 0 Å². The van der Waals surface area contributed by atoms with Gasteiger partial charge >= 0.3 is 0 Å². The summed E-state index contributed by atoms with van der Waals surface area (Å²) < 4.78 is 25.6. The zero-order valence-corrected chi connectivity index (χ0v) is 10.6. The maximum absolute atomic E-state index is 11.6. The monoisotopic (exact) mass is 272 g/mol. The fourth-order valence-corrected chi connectivity index (χ4v) is 2.28. The summed E-state index contributed by atoms with van der Waals surface area (Å²) in [6, 6.07) is 5.35. The van der Waals surface area contributed by atoms with Gasteiger partial charge in [-0.25, -0.2) is 13.1 Å². The maximum atomic E-state index is 11.6. The molecule has 0 unspecified atom stereocenters. The number of nitrogens with zero attached hydrogens (tertiary/aromatic N) is 2. The molecular weight excluding hydrogens is 256 g/mol. The van der Waals surface area contributed by atoms with Crippen LogP contribution in [0.15, 0.2) is 29.6 Å². The SMILES string of the molecule is NC(CCNS(=O)(=O)CCc1ccccn1)=NO. The highest BCUT2D eigenvalue weighted by Crippen LogP contribution is 1.97. The van der Waals surface area contributed by atoms with Crippen LogP contribution in [0.4, 0.5) is 0 Å². The number of pyridine rings is 1. The molecule has 100 valence electrons. The first-order valence-electron chi connectivity index (χ1n) is 5.37. The van der Waals surface area contributed by atoms with Crippen LogP contribution in [0.5, 0.6) is 0 Å². The Hall–Kier alpha value is -1.67. The van der Waals surface area contributed by atoms with E-state index in [2.05, 4.69) is 14.9 Å². The summed E-state index contributed by atoms with van der Waals surface area (Å²) in [6.45, 7) is 0.112. The number of amidine groups is 1. The Balaban J connectivity index is 2.36. The minimum atomic E-state index is -3.37. The third-order valence-electron chi connectivity index (χ3n) is 2.18. The Labute approximate surface area is 106 Å². The Morgan fingerprint density at radius 1 is 1.50 bits per heavy atom. The predicted octanol–water partition coefficient (Wildman–Crippen LogP) is -0.320. The summed E-state index contributed by atoms with van der Waals surface area (Å²) in [5, 5.41) is 11.0. The van der Waals surface area contributed by atoms with E-state index in [1.165, 1.54) is 0 Å². The number of nitrogens with one attached hydrogen (secondary N) is 1. The number of rotatable bonds is 7. The van der Waals surface area contributed by atoms with Gasteiger partial charge in [-0.3, -0.25) is 4.98 Å². The lowest BCUT2D eigenvalue weighted by Crippen LogP contribution is -2.30. The van der Waals surface area contributed by atoms with Gasteiger partial charge in [0.2, 0.25) is 10.0 Å². The fraction of sp³-hybridized carbons (Fsp3) is 0.400. The summed E-state index contributed by atoms with van der Waals surface area (Å²) in [7, 11) is -3.37. The molecule has 7 nitrogen and oxygen atoms in total. The first-order chi connectivity index (χ1) is 8.53. The molecule has 1 aromatic rings. The average molecular weight is 272 g/mol. The molecule has 0 radical (unpaired) electrons. The van der Waals surface area contributed by atoms with E-state index in [-0.39, 0.29) is 24.6 Å². The molecule has 1 heterocycles. The van der Waals surface area contributed by atoms with Crippen molar-refractivity contribution in [2.75, 3.05) is 12.3 Å². The molecule has 8 heteroatoms. The van der Waals surface area contributed by atoms with Crippen molar-refractivity contribution >= 4 is 15.9 Å². The van der Waals surface area contributed by atoms with E-state index in [0.29, 0.717) is 6.42 Å². The van der Waals surface area contributed by atoms with Crippen LogP contribution in [0.2, 0.25) is 0 Å². The summed E-state index contributed by atoms with van der Waals surface area (Å²) in [4.78, 5) is 4.04. The van der Waals surface area contributed by atoms with Gasteiger partial charge in [0.15, 0.2) is 0 Å². The van der Waals surface area contributed by atoms with E-state index >= 15 is 0 Å². The molecule has 0 aromatic carbocycles. The van der Waals surface area contributed by atoms with Crippen molar-refractivity contribution in [1.29, 1.82) is 0 Å². The van der Waals surface area contributed by atoms with E-state index in [0.717, 1.165) is 5.69 Å². The van der Waals surface area contributed by atoms with E-state index < -0.39 is 10.0 Å². The quantitative estimate of drug-likeness (QED) is 0.272. The summed E-state index contributed by atoms with van der Waals surface area (Å²) in [5.41, 5.74) is 5.94. The van der Waals surface area contributed by atoms with E-state index in [1.807, 2.05) is 0 Å². The van der Waals surface area contributed by atoms with Crippen molar-refractivity contribution in [3.8, 4) is 0 Å². The molecule has 0 spiro atoms. The largest absolute Gasteiger partial charge is 0.409 e.